The van der Waals surface area contributed by atoms with Crippen LogP contribution in [0.2, 0.25) is 0 Å². The monoisotopic (exact) mass is 288 g/mol. The summed E-state index contributed by atoms with van der Waals surface area (Å²) in [6, 6.07) is 2.89. The molecule has 2 saturated heterocycles. The van der Waals surface area contributed by atoms with Gasteiger partial charge in [-0.1, -0.05) is 0 Å². The molecule has 1 aromatic rings. The van der Waals surface area contributed by atoms with Crippen molar-refractivity contribution in [3.63, 3.8) is 0 Å². The van der Waals surface area contributed by atoms with Crippen molar-refractivity contribution in [2.75, 3.05) is 0 Å². The fourth-order valence-corrected chi connectivity index (χ4v) is 5.21. The highest BCUT2D eigenvalue weighted by Gasteiger charge is 2.46. The van der Waals surface area contributed by atoms with Gasteiger partial charge in [0.25, 0.3) is 0 Å². The minimum absolute atomic E-state index is 0.447. The molecule has 2 nitrogen and oxygen atoms in total. The molecule has 21 heavy (non-hydrogen) atoms. The van der Waals surface area contributed by atoms with Crippen LogP contribution < -0.4 is 0 Å². The third kappa shape index (κ3) is 1.71. The van der Waals surface area contributed by atoms with Gasteiger partial charge in [-0.25, -0.2) is 13.8 Å². The number of hydrogen-bond acceptors (Lipinski definition) is 2. The van der Waals surface area contributed by atoms with Crippen LogP contribution in [0.25, 0.3) is 0 Å². The molecule has 4 fully saturated rings. The van der Waals surface area contributed by atoms with Crippen molar-refractivity contribution in [1.82, 2.24) is 4.90 Å². The second kappa shape index (κ2) is 4.05. The Morgan fingerprint density at radius 1 is 1.00 bits per heavy atom. The van der Waals surface area contributed by atoms with Gasteiger partial charge in [-0.05, 0) is 43.9 Å². The van der Waals surface area contributed by atoms with Gasteiger partial charge in [0.15, 0.2) is 0 Å². The van der Waals surface area contributed by atoms with E-state index in [9.17, 15) is 8.78 Å². The van der Waals surface area contributed by atoms with E-state index in [1.165, 1.54) is 38.2 Å². The second-order valence-electron chi connectivity index (χ2n) is 7.24. The Kier molecular flexibility index (Phi) is 2.34. The molecule has 110 valence electrons. The summed E-state index contributed by atoms with van der Waals surface area (Å²) in [5.41, 5.74) is 1.08. The van der Waals surface area contributed by atoms with Gasteiger partial charge >= 0.3 is 0 Å². The number of halogens is 2. The SMILES string of the molecule is Fc1cc(F)c2c(c1)N=C1C3CC4CC(C3)CC(C4)N1C2. The Labute approximate surface area is 122 Å². The van der Waals surface area contributed by atoms with Gasteiger partial charge in [-0.2, -0.15) is 0 Å². The van der Waals surface area contributed by atoms with Crippen LogP contribution in [0.15, 0.2) is 17.1 Å². The minimum Gasteiger partial charge on any atom is -0.352 e. The topological polar surface area (TPSA) is 15.6 Å². The Morgan fingerprint density at radius 2 is 1.76 bits per heavy atom. The molecule has 4 bridgehead atoms. The van der Waals surface area contributed by atoms with Crippen molar-refractivity contribution < 1.29 is 8.78 Å². The third-order valence-electron chi connectivity index (χ3n) is 5.91. The van der Waals surface area contributed by atoms with Crippen LogP contribution in [0.4, 0.5) is 14.5 Å². The third-order valence-corrected chi connectivity index (χ3v) is 5.91. The van der Waals surface area contributed by atoms with Crippen molar-refractivity contribution in [3.8, 4) is 0 Å². The molecule has 0 amide bonds. The first-order valence-corrected chi connectivity index (χ1v) is 8.00. The van der Waals surface area contributed by atoms with E-state index in [-0.39, 0.29) is 0 Å². The Hall–Kier alpha value is -1.45. The molecular weight excluding hydrogens is 270 g/mol. The maximum absolute atomic E-state index is 14.1. The molecule has 0 aromatic heterocycles. The van der Waals surface area contributed by atoms with E-state index in [0.29, 0.717) is 29.8 Å². The molecule has 3 aliphatic heterocycles. The summed E-state index contributed by atoms with van der Waals surface area (Å²) in [6.07, 6.45) is 6.25. The highest BCUT2D eigenvalue weighted by Crippen LogP contribution is 2.50. The molecule has 0 N–H and O–H groups in total. The van der Waals surface area contributed by atoms with Crippen LogP contribution in [-0.2, 0) is 6.54 Å². The normalized spacial score (nSPS) is 36.1. The van der Waals surface area contributed by atoms with Gasteiger partial charge in [0.1, 0.15) is 17.5 Å². The standard InChI is InChI=1S/C17H18F2N2/c18-12-6-15(19)14-8-21-13-4-9-1-10(5-13)3-11(2-9)17(21)20-16(14)7-12/h6-7,9-11,13H,1-5,8H2. The molecule has 2 aliphatic carbocycles. The van der Waals surface area contributed by atoms with Crippen molar-refractivity contribution >= 4 is 11.5 Å². The average Bonchev–Trinajstić information content (AvgIpc) is 2.59. The summed E-state index contributed by atoms with van der Waals surface area (Å²) in [7, 11) is 0. The van der Waals surface area contributed by atoms with E-state index >= 15 is 0 Å². The van der Waals surface area contributed by atoms with Gasteiger partial charge in [0.2, 0.25) is 0 Å². The van der Waals surface area contributed by atoms with E-state index in [1.807, 2.05) is 0 Å². The number of benzene rings is 1. The first-order chi connectivity index (χ1) is 10.2. The predicted molar refractivity (Wildman–Crippen MR) is 76.3 cm³/mol. The van der Waals surface area contributed by atoms with Crippen LogP contribution >= 0.6 is 0 Å². The Bertz CT molecular complexity index is 640. The Morgan fingerprint density at radius 3 is 2.52 bits per heavy atom. The van der Waals surface area contributed by atoms with E-state index < -0.39 is 11.6 Å². The quantitative estimate of drug-likeness (QED) is 0.704. The first kappa shape index (κ1) is 12.1. The number of rotatable bonds is 0. The largest absolute Gasteiger partial charge is 0.352 e. The number of fused-ring (bicyclic) bond motifs is 1. The molecule has 2 atom stereocenters. The van der Waals surface area contributed by atoms with Crippen molar-refractivity contribution in [3.05, 3.63) is 29.3 Å². The highest BCUT2D eigenvalue weighted by molar-refractivity contribution is 5.90. The summed E-state index contributed by atoms with van der Waals surface area (Å²) < 4.78 is 27.6. The maximum Gasteiger partial charge on any atom is 0.133 e. The molecular formula is C17H18F2N2. The molecule has 0 spiro atoms. The zero-order valence-corrected chi connectivity index (χ0v) is 11.9. The van der Waals surface area contributed by atoms with E-state index in [0.717, 1.165) is 23.7 Å². The van der Waals surface area contributed by atoms with Crippen molar-refractivity contribution in [1.29, 1.82) is 0 Å². The minimum atomic E-state index is -0.525. The van der Waals surface area contributed by atoms with Gasteiger partial charge in [-0.15, -0.1) is 0 Å². The number of nitrogens with zero attached hydrogens (tertiary/aromatic N) is 2. The lowest BCUT2D eigenvalue weighted by Gasteiger charge is -2.39. The predicted octanol–water partition coefficient (Wildman–Crippen LogP) is 4.02. The first-order valence-electron chi connectivity index (χ1n) is 8.00. The smallest absolute Gasteiger partial charge is 0.133 e. The summed E-state index contributed by atoms with van der Waals surface area (Å²) in [6.45, 7) is 0.570. The van der Waals surface area contributed by atoms with Gasteiger partial charge < -0.3 is 4.90 Å². The average molecular weight is 288 g/mol. The lowest BCUT2D eigenvalue weighted by molar-refractivity contribution is 0.127. The van der Waals surface area contributed by atoms with E-state index in [1.54, 1.807) is 0 Å². The number of amidine groups is 1. The Balaban J connectivity index is 1.66. The molecule has 2 saturated carbocycles. The van der Waals surface area contributed by atoms with Crippen LogP contribution in [0.3, 0.4) is 0 Å². The van der Waals surface area contributed by atoms with Crippen molar-refractivity contribution in [2.24, 2.45) is 22.7 Å². The summed E-state index contributed by atoms with van der Waals surface area (Å²) in [5.74, 6) is 2.26. The molecule has 1 aromatic carbocycles. The molecule has 0 radical (unpaired) electrons. The highest BCUT2D eigenvalue weighted by atomic mass is 19.1. The van der Waals surface area contributed by atoms with Gasteiger partial charge in [0, 0.05) is 36.2 Å². The fourth-order valence-electron chi connectivity index (χ4n) is 5.21. The van der Waals surface area contributed by atoms with Gasteiger partial charge in [0.05, 0.1) is 5.69 Å². The summed E-state index contributed by atoms with van der Waals surface area (Å²) in [4.78, 5) is 7.05. The zero-order valence-electron chi connectivity index (χ0n) is 11.9. The number of hydrogen-bond donors (Lipinski definition) is 0. The summed E-state index contributed by atoms with van der Waals surface area (Å²) >= 11 is 0. The van der Waals surface area contributed by atoms with Gasteiger partial charge in [-0.3, -0.25) is 0 Å². The van der Waals surface area contributed by atoms with Crippen LogP contribution in [0.5, 0.6) is 0 Å². The summed E-state index contributed by atoms with van der Waals surface area (Å²) in [5, 5.41) is 0. The molecule has 5 aliphatic rings. The van der Waals surface area contributed by atoms with Crippen LogP contribution in [0, 0.1) is 29.4 Å². The lowest BCUT2D eigenvalue weighted by atomic mass is 9.68. The fraction of sp³-hybridized carbons (Fsp3) is 0.588. The van der Waals surface area contributed by atoms with Crippen LogP contribution in [-0.4, -0.2) is 16.8 Å². The van der Waals surface area contributed by atoms with Crippen LogP contribution in [0.1, 0.15) is 37.7 Å². The molecule has 2 unspecified atom stereocenters. The molecule has 6 rings (SSSR count). The lowest BCUT2D eigenvalue weighted by Crippen LogP contribution is -2.42. The molecule has 3 heterocycles. The molecule has 4 heteroatoms. The maximum atomic E-state index is 14.1. The van der Waals surface area contributed by atoms with Crippen molar-refractivity contribution in [2.45, 2.75) is 44.7 Å². The zero-order chi connectivity index (χ0) is 14.1. The number of aliphatic imine (C=N–C) groups is 1. The van der Waals surface area contributed by atoms with E-state index in [4.69, 9.17) is 4.99 Å². The van der Waals surface area contributed by atoms with E-state index in [2.05, 4.69) is 4.90 Å². The second-order valence-corrected chi connectivity index (χ2v) is 7.24.